The maximum absolute atomic E-state index is 13.6. The summed E-state index contributed by atoms with van der Waals surface area (Å²) in [5, 5.41) is 19.0. The summed E-state index contributed by atoms with van der Waals surface area (Å²) < 4.78 is 14.4. The fourth-order valence-electron chi connectivity index (χ4n) is 2.44. The van der Waals surface area contributed by atoms with E-state index in [4.69, 9.17) is 0 Å². The van der Waals surface area contributed by atoms with Crippen LogP contribution in [0.1, 0.15) is 37.7 Å². The molecule has 3 nitrogen and oxygen atoms in total. The van der Waals surface area contributed by atoms with Gasteiger partial charge < -0.3 is 5.11 Å². The fourth-order valence-corrected chi connectivity index (χ4v) is 4.71. The molecule has 1 aliphatic carbocycles. The molecule has 1 aromatic carbocycles. The average molecular weight is 457 g/mol. The van der Waals surface area contributed by atoms with E-state index in [0.717, 1.165) is 16.9 Å². The standard InChI is InChI=1S/C16H8Br2FNO2S/c17-11-3-7(4-12(18)15(11)22)14(21)16-10-5-8(19)1-2-9(10)13(6-20)23-16/h3-5,22H,1-2H2. The summed E-state index contributed by atoms with van der Waals surface area (Å²) in [4.78, 5) is 13.6. The van der Waals surface area contributed by atoms with Gasteiger partial charge in [-0.15, -0.1) is 11.3 Å². The van der Waals surface area contributed by atoms with E-state index in [0.29, 0.717) is 36.2 Å². The maximum Gasteiger partial charge on any atom is 0.203 e. The molecule has 1 heterocycles. The summed E-state index contributed by atoms with van der Waals surface area (Å²) in [7, 11) is 0. The van der Waals surface area contributed by atoms with Crippen molar-refractivity contribution in [1.82, 2.24) is 0 Å². The first-order chi connectivity index (χ1) is 10.9. The van der Waals surface area contributed by atoms with Crippen LogP contribution in [-0.4, -0.2) is 10.9 Å². The lowest BCUT2D eigenvalue weighted by molar-refractivity contribution is 0.104. The predicted molar refractivity (Wildman–Crippen MR) is 93.4 cm³/mol. The van der Waals surface area contributed by atoms with Crippen LogP contribution in [-0.2, 0) is 6.42 Å². The second kappa shape index (κ2) is 6.19. The van der Waals surface area contributed by atoms with Gasteiger partial charge in [0.15, 0.2) is 0 Å². The van der Waals surface area contributed by atoms with Gasteiger partial charge in [-0.05, 0) is 62.1 Å². The van der Waals surface area contributed by atoms with Gasteiger partial charge in [0.25, 0.3) is 0 Å². The number of nitrogens with zero attached hydrogens (tertiary/aromatic N) is 1. The summed E-state index contributed by atoms with van der Waals surface area (Å²) in [5.41, 5.74) is 1.58. The zero-order chi connectivity index (χ0) is 16.7. The molecule has 23 heavy (non-hydrogen) atoms. The average Bonchev–Trinajstić information content (AvgIpc) is 2.89. The highest BCUT2D eigenvalue weighted by atomic mass is 79.9. The molecular formula is C16H8Br2FNO2S. The number of allylic oxidation sites excluding steroid dienone is 1. The van der Waals surface area contributed by atoms with E-state index in [1.807, 2.05) is 0 Å². The van der Waals surface area contributed by atoms with E-state index in [1.165, 1.54) is 18.2 Å². The van der Waals surface area contributed by atoms with E-state index in [2.05, 4.69) is 37.9 Å². The van der Waals surface area contributed by atoms with Crippen LogP contribution in [0.15, 0.2) is 26.9 Å². The predicted octanol–water partition coefficient (Wildman–Crippen LogP) is 5.34. The molecule has 7 heteroatoms. The number of phenolic OH excluding ortho intramolecular Hbond substituents is 1. The third-order valence-electron chi connectivity index (χ3n) is 3.55. The van der Waals surface area contributed by atoms with Crippen LogP contribution < -0.4 is 0 Å². The lowest BCUT2D eigenvalue weighted by Gasteiger charge is -2.09. The lowest BCUT2D eigenvalue weighted by Crippen LogP contribution is -2.04. The minimum absolute atomic E-state index is 0.00147. The highest BCUT2D eigenvalue weighted by Gasteiger charge is 2.26. The van der Waals surface area contributed by atoms with Crippen molar-refractivity contribution >= 4 is 55.1 Å². The van der Waals surface area contributed by atoms with Gasteiger partial charge >= 0.3 is 0 Å². The SMILES string of the molecule is N#Cc1sc(C(=O)c2cc(Br)c(O)c(Br)c2)c2c1CCC(F)=C2. The van der Waals surface area contributed by atoms with Gasteiger partial charge in [-0.1, -0.05) is 0 Å². The lowest BCUT2D eigenvalue weighted by atomic mass is 9.95. The van der Waals surface area contributed by atoms with Crippen molar-refractivity contribution in [2.75, 3.05) is 0 Å². The minimum atomic E-state index is -0.305. The second-order valence-electron chi connectivity index (χ2n) is 4.97. The number of thiophene rings is 1. The number of fused-ring (bicyclic) bond motifs is 1. The Morgan fingerprint density at radius 1 is 1.30 bits per heavy atom. The molecule has 0 bridgehead atoms. The number of halogens is 3. The van der Waals surface area contributed by atoms with Gasteiger partial charge in [-0.25, -0.2) is 4.39 Å². The van der Waals surface area contributed by atoms with E-state index in [9.17, 15) is 19.6 Å². The molecule has 0 fully saturated rings. The van der Waals surface area contributed by atoms with Crippen LogP contribution in [0.4, 0.5) is 4.39 Å². The molecule has 0 saturated heterocycles. The van der Waals surface area contributed by atoms with E-state index in [-0.39, 0.29) is 23.8 Å². The smallest absolute Gasteiger partial charge is 0.203 e. The van der Waals surface area contributed by atoms with Crippen LogP contribution in [0.3, 0.4) is 0 Å². The van der Waals surface area contributed by atoms with Crippen molar-refractivity contribution in [2.24, 2.45) is 0 Å². The monoisotopic (exact) mass is 455 g/mol. The topological polar surface area (TPSA) is 61.1 Å². The summed E-state index contributed by atoms with van der Waals surface area (Å²) in [6.45, 7) is 0. The molecule has 0 unspecified atom stereocenters. The van der Waals surface area contributed by atoms with Crippen LogP contribution in [0.5, 0.6) is 5.75 Å². The molecule has 116 valence electrons. The fraction of sp³-hybridized carbons (Fsp3) is 0.125. The summed E-state index contributed by atoms with van der Waals surface area (Å²) in [6, 6.07) is 5.09. The largest absolute Gasteiger partial charge is 0.506 e. The Morgan fingerprint density at radius 3 is 2.57 bits per heavy atom. The molecule has 1 aromatic heterocycles. The normalized spacial score (nSPS) is 13.2. The van der Waals surface area contributed by atoms with Gasteiger partial charge in [0.05, 0.1) is 13.8 Å². The molecule has 0 atom stereocenters. The van der Waals surface area contributed by atoms with Crippen molar-refractivity contribution in [3.8, 4) is 11.8 Å². The number of hydrogen-bond donors (Lipinski definition) is 1. The van der Waals surface area contributed by atoms with Crippen LogP contribution in [0, 0.1) is 11.3 Å². The summed E-state index contributed by atoms with van der Waals surface area (Å²) in [6.07, 6.45) is 2.02. The highest BCUT2D eigenvalue weighted by molar-refractivity contribution is 9.11. The molecule has 0 aliphatic heterocycles. The van der Waals surface area contributed by atoms with E-state index < -0.39 is 0 Å². The molecular weight excluding hydrogens is 449 g/mol. The number of aromatic hydroxyl groups is 1. The number of rotatable bonds is 2. The van der Waals surface area contributed by atoms with Crippen LogP contribution in [0.2, 0.25) is 0 Å². The van der Waals surface area contributed by atoms with Crippen LogP contribution >= 0.6 is 43.2 Å². The molecule has 0 radical (unpaired) electrons. The molecule has 0 amide bonds. The van der Waals surface area contributed by atoms with Crippen molar-refractivity contribution in [1.29, 1.82) is 5.26 Å². The first kappa shape index (κ1) is 16.4. The zero-order valence-electron chi connectivity index (χ0n) is 11.5. The second-order valence-corrected chi connectivity index (χ2v) is 7.70. The van der Waals surface area contributed by atoms with Crippen molar-refractivity contribution in [3.05, 3.63) is 53.3 Å². The van der Waals surface area contributed by atoms with E-state index >= 15 is 0 Å². The third-order valence-corrected chi connectivity index (χ3v) is 5.91. The Kier molecular flexibility index (Phi) is 4.41. The maximum atomic E-state index is 13.6. The zero-order valence-corrected chi connectivity index (χ0v) is 15.5. The number of phenols is 1. The number of ketones is 1. The number of carbonyl (C=O) groups is 1. The summed E-state index contributed by atoms with van der Waals surface area (Å²) >= 11 is 7.46. The molecule has 3 rings (SSSR count). The van der Waals surface area contributed by atoms with Crippen molar-refractivity contribution < 1.29 is 14.3 Å². The molecule has 2 aromatic rings. The minimum Gasteiger partial charge on any atom is -0.506 e. The van der Waals surface area contributed by atoms with Crippen molar-refractivity contribution in [3.63, 3.8) is 0 Å². The van der Waals surface area contributed by atoms with Gasteiger partial charge in [0, 0.05) is 17.5 Å². The molecule has 0 saturated carbocycles. The summed E-state index contributed by atoms with van der Waals surface area (Å²) in [5.74, 6) is -0.597. The Morgan fingerprint density at radius 2 is 1.96 bits per heavy atom. The van der Waals surface area contributed by atoms with E-state index in [1.54, 1.807) is 0 Å². The number of carbonyl (C=O) groups excluding carboxylic acids is 1. The number of benzene rings is 1. The highest BCUT2D eigenvalue weighted by Crippen LogP contribution is 2.39. The van der Waals surface area contributed by atoms with Crippen LogP contribution in [0.25, 0.3) is 6.08 Å². The molecule has 0 spiro atoms. The quantitative estimate of drug-likeness (QED) is 0.620. The van der Waals surface area contributed by atoms with Crippen molar-refractivity contribution in [2.45, 2.75) is 12.8 Å². The Bertz CT molecular complexity index is 889. The van der Waals surface area contributed by atoms with Gasteiger partial charge in [0.1, 0.15) is 22.5 Å². The Hall–Kier alpha value is -1.49. The van der Waals surface area contributed by atoms with Gasteiger partial charge in [-0.2, -0.15) is 5.26 Å². The Balaban J connectivity index is 2.15. The number of nitriles is 1. The first-order valence-electron chi connectivity index (χ1n) is 6.57. The molecule has 1 N–H and O–H groups in total. The van der Waals surface area contributed by atoms with Gasteiger partial charge in [-0.3, -0.25) is 4.79 Å². The molecule has 1 aliphatic rings. The first-order valence-corrected chi connectivity index (χ1v) is 8.97. The number of hydrogen-bond acceptors (Lipinski definition) is 4. The third kappa shape index (κ3) is 2.87. The Labute approximate surface area is 152 Å². The van der Waals surface area contributed by atoms with Gasteiger partial charge in [0.2, 0.25) is 5.78 Å².